The standard InChI is InChI=1S/C23H25N7O3/c1-24-21(31)14-11-25-18(28-22(32)15-10-23(15)7-8-23)9-17(14)27-16-6-4-5-13(19(16)33-3)20-26-12-30(2)29-20/h4-6,9,11-12,15H,7-8,10H2,1-3H3,(H,24,31)(H2,25,27,28,32)/i1D3. The lowest BCUT2D eigenvalue weighted by molar-refractivity contribution is -0.117. The Bertz CT molecular complexity index is 1350. The lowest BCUT2D eigenvalue weighted by Gasteiger charge is -2.17. The van der Waals surface area contributed by atoms with Crippen molar-refractivity contribution in [2.45, 2.75) is 19.3 Å². The topological polar surface area (TPSA) is 123 Å². The maximum absolute atomic E-state index is 12.8. The molecule has 5 rings (SSSR count). The molecule has 0 saturated heterocycles. The molecular weight excluding hydrogens is 422 g/mol. The van der Waals surface area contributed by atoms with Gasteiger partial charge in [0.05, 0.1) is 29.6 Å². The van der Waals surface area contributed by atoms with E-state index in [2.05, 4.69) is 25.7 Å². The largest absolute Gasteiger partial charge is 0.494 e. The van der Waals surface area contributed by atoms with Gasteiger partial charge in [0, 0.05) is 36.3 Å². The number of pyridine rings is 1. The van der Waals surface area contributed by atoms with Gasteiger partial charge in [-0.1, -0.05) is 6.07 Å². The lowest BCUT2D eigenvalue weighted by atomic mass is 10.1. The Hall–Kier alpha value is -3.95. The minimum Gasteiger partial charge on any atom is -0.494 e. The first kappa shape index (κ1) is 17.6. The van der Waals surface area contributed by atoms with E-state index in [9.17, 15) is 9.59 Å². The zero-order valence-electron chi connectivity index (χ0n) is 21.2. The molecule has 33 heavy (non-hydrogen) atoms. The van der Waals surface area contributed by atoms with Gasteiger partial charge in [0.15, 0.2) is 11.6 Å². The molecule has 2 aliphatic carbocycles. The summed E-state index contributed by atoms with van der Waals surface area (Å²) in [6.07, 6.45) is 5.82. The number of hydrogen-bond donors (Lipinski definition) is 3. The molecule has 1 atom stereocenters. The number of hydrogen-bond acceptors (Lipinski definition) is 7. The van der Waals surface area contributed by atoms with Crippen molar-refractivity contribution < 1.29 is 18.4 Å². The Balaban J connectivity index is 1.48. The first-order chi connectivity index (χ1) is 17.1. The first-order valence-corrected chi connectivity index (χ1v) is 10.5. The van der Waals surface area contributed by atoms with Gasteiger partial charge in [-0.05, 0) is 36.8 Å². The number of carbonyl (C=O) groups excluding carboxylic acids is 2. The highest BCUT2D eigenvalue weighted by Gasteiger charge is 2.65. The first-order valence-electron chi connectivity index (χ1n) is 12.0. The number of amides is 2. The summed E-state index contributed by atoms with van der Waals surface area (Å²) < 4.78 is 29.4. The van der Waals surface area contributed by atoms with Gasteiger partial charge in [-0.25, -0.2) is 9.97 Å². The van der Waals surface area contributed by atoms with Crippen molar-refractivity contribution in [2.24, 2.45) is 18.4 Å². The van der Waals surface area contributed by atoms with Crippen molar-refractivity contribution in [3.63, 3.8) is 0 Å². The number of nitrogens with zero attached hydrogens (tertiary/aromatic N) is 4. The maximum atomic E-state index is 12.8. The number of rotatable bonds is 7. The summed E-state index contributed by atoms with van der Waals surface area (Å²) in [5, 5.41) is 12.3. The fourth-order valence-electron chi connectivity index (χ4n) is 4.16. The number of anilines is 3. The second kappa shape index (κ2) is 7.88. The molecule has 170 valence electrons. The quantitative estimate of drug-likeness (QED) is 0.506. The van der Waals surface area contributed by atoms with E-state index in [-0.39, 0.29) is 34.3 Å². The second-order valence-corrected chi connectivity index (χ2v) is 8.43. The van der Waals surface area contributed by atoms with Crippen LogP contribution in [0, 0.1) is 11.3 Å². The average molecular weight is 451 g/mol. The van der Waals surface area contributed by atoms with E-state index >= 15 is 0 Å². The molecule has 2 heterocycles. The second-order valence-electron chi connectivity index (χ2n) is 8.43. The van der Waals surface area contributed by atoms with Crippen LogP contribution < -0.4 is 20.7 Å². The number of ether oxygens (including phenoxy) is 1. The van der Waals surface area contributed by atoms with Gasteiger partial charge in [0.2, 0.25) is 5.91 Å². The molecule has 0 aliphatic heterocycles. The SMILES string of the molecule is [2H]C([2H])([2H])NC(=O)c1cnc(NC(=O)C2CC23CC3)cc1Nc1cccc(-c2ncn(C)n2)c1OC. The summed E-state index contributed by atoms with van der Waals surface area (Å²) in [6, 6.07) is 6.80. The average Bonchev–Trinajstić information content (AvgIpc) is 3.71. The fourth-order valence-corrected chi connectivity index (χ4v) is 4.16. The van der Waals surface area contributed by atoms with Gasteiger partial charge in [0.1, 0.15) is 12.1 Å². The Labute approximate surface area is 195 Å². The van der Waals surface area contributed by atoms with Crippen LogP contribution in [0.15, 0.2) is 36.8 Å². The van der Waals surface area contributed by atoms with E-state index in [4.69, 9.17) is 8.85 Å². The number of methoxy groups -OCH3 is 1. The van der Waals surface area contributed by atoms with E-state index in [0.29, 0.717) is 22.8 Å². The zero-order chi connectivity index (χ0) is 25.7. The van der Waals surface area contributed by atoms with Gasteiger partial charge in [0.25, 0.3) is 5.91 Å². The Morgan fingerprint density at radius 1 is 1.27 bits per heavy atom. The number of aryl methyl sites for hydroxylation is 1. The zero-order valence-corrected chi connectivity index (χ0v) is 18.2. The molecule has 2 amide bonds. The van der Waals surface area contributed by atoms with Crippen LogP contribution in [-0.4, -0.2) is 45.6 Å². The highest BCUT2D eigenvalue weighted by Crippen LogP contribution is 2.70. The maximum Gasteiger partial charge on any atom is 0.254 e. The normalized spacial score (nSPS) is 19.1. The lowest BCUT2D eigenvalue weighted by Crippen LogP contribution is -2.21. The van der Waals surface area contributed by atoms with Crippen LogP contribution in [0.25, 0.3) is 11.4 Å². The van der Waals surface area contributed by atoms with Gasteiger partial charge in [-0.3, -0.25) is 14.3 Å². The highest BCUT2D eigenvalue weighted by atomic mass is 16.5. The predicted octanol–water partition coefficient (Wildman–Crippen LogP) is 2.73. The molecule has 10 nitrogen and oxygen atoms in total. The van der Waals surface area contributed by atoms with Crippen LogP contribution >= 0.6 is 0 Å². The van der Waals surface area contributed by atoms with Crippen LogP contribution in [0.5, 0.6) is 5.75 Å². The van der Waals surface area contributed by atoms with Gasteiger partial charge in [-0.2, -0.15) is 5.10 Å². The van der Waals surface area contributed by atoms with Crippen molar-refractivity contribution in [1.29, 1.82) is 0 Å². The molecule has 1 unspecified atom stereocenters. The van der Waals surface area contributed by atoms with E-state index in [1.165, 1.54) is 19.4 Å². The van der Waals surface area contributed by atoms with E-state index in [0.717, 1.165) is 19.3 Å². The van der Waals surface area contributed by atoms with Crippen molar-refractivity contribution in [2.75, 3.05) is 24.7 Å². The molecule has 3 N–H and O–H groups in total. The molecule has 0 bridgehead atoms. The van der Waals surface area contributed by atoms with Crippen molar-refractivity contribution in [3.8, 4) is 17.1 Å². The van der Waals surface area contributed by atoms with Crippen LogP contribution in [0.2, 0.25) is 0 Å². The minimum absolute atomic E-state index is 0.0161. The van der Waals surface area contributed by atoms with Crippen LogP contribution in [0.3, 0.4) is 0 Å². The molecule has 2 aliphatic rings. The number of carbonyl (C=O) groups is 2. The number of para-hydroxylation sites is 1. The van der Waals surface area contributed by atoms with Crippen molar-refractivity contribution in [3.05, 3.63) is 42.4 Å². The smallest absolute Gasteiger partial charge is 0.254 e. The molecule has 3 aromatic rings. The third-order valence-corrected chi connectivity index (χ3v) is 6.24. The summed E-state index contributed by atoms with van der Waals surface area (Å²) in [4.78, 5) is 33.9. The predicted molar refractivity (Wildman–Crippen MR) is 122 cm³/mol. The molecular formula is C23H25N7O3. The molecule has 0 radical (unpaired) electrons. The van der Waals surface area contributed by atoms with E-state index in [1.807, 2.05) is 5.32 Å². The summed E-state index contributed by atoms with van der Waals surface area (Å²) in [5.74, 6) is 0.144. The van der Waals surface area contributed by atoms with Gasteiger partial charge >= 0.3 is 0 Å². The molecule has 1 aromatic carbocycles. The molecule has 1 spiro atoms. The minimum atomic E-state index is -2.69. The molecule has 10 heteroatoms. The van der Waals surface area contributed by atoms with Crippen LogP contribution in [0.4, 0.5) is 17.2 Å². The Kier molecular flexibility index (Phi) is 4.20. The Morgan fingerprint density at radius 3 is 2.79 bits per heavy atom. The fraction of sp³-hybridized carbons (Fsp3) is 0.348. The summed E-state index contributed by atoms with van der Waals surface area (Å²) >= 11 is 0. The molecule has 2 aromatic heterocycles. The molecule has 2 fully saturated rings. The van der Waals surface area contributed by atoms with Crippen molar-refractivity contribution >= 4 is 29.0 Å². The number of aromatic nitrogens is 4. The summed E-state index contributed by atoms with van der Waals surface area (Å²) in [5.41, 5.74) is 1.49. The van der Waals surface area contributed by atoms with Gasteiger partial charge in [-0.15, -0.1) is 0 Å². The third-order valence-electron chi connectivity index (χ3n) is 6.24. The number of nitrogens with one attached hydrogen (secondary N) is 3. The van der Waals surface area contributed by atoms with Crippen molar-refractivity contribution in [1.82, 2.24) is 25.1 Å². The van der Waals surface area contributed by atoms with E-state index in [1.54, 1.807) is 36.3 Å². The third kappa shape index (κ3) is 3.88. The Morgan fingerprint density at radius 2 is 2.12 bits per heavy atom. The summed E-state index contributed by atoms with van der Waals surface area (Å²) in [7, 11) is 3.25. The monoisotopic (exact) mass is 450 g/mol. The molecule has 2 saturated carbocycles. The van der Waals surface area contributed by atoms with Crippen LogP contribution in [0.1, 0.15) is 33.7 Å². The van der Waals surface area contributed by atoms with Gasteiger partial charge < -0.3 is 20.7 Å². The van der Waals surface area contributed by atoms with Crippen LogP contribution in [-0.2, 0) is 11.8 Å². The summed E-state index contributed by atoms with van der Waals surface area (Å²) in [6.45, 7) is -2.69. The van der Waals surface area contributed by atoms with E-state index < -0.39 is 12.9 Å². The number of benzene rings is 1. The highest BCUT2D eigenvalue weighted by molar-refractivity contribution is 6.02.